The van der Waals surface area contributed by atoms with Crippen molar-refractivity contribution in [2.45, 2.75) is 57.4 Å². The average Bonchev–Trinajstić information content (AvgIpc) is 3.35. The molecule has 2 fully saturated rings. The Morgan fingerprint density at radius 1 is 1.28 bits per heavy atom. The second-order valence-electron chi connectivity index (χ2n) is 8.15. The predicted molar refractivity (Wildman–Crippen MR) is 99.3 cm³/mol. The SMILES string of the molecule is CC(C)(C)[S@@](=O)NC1CN(C(=O)OCc2ccccc2)CCC12CC2. The van der Waals surface area contributed by atoms with Crippen molar-refractivity contribution in [2.75, 3.05) is 13.1 Å². The van der Waals surface area contributed by atoms with Gasteiger partial charge in [0.05, 0.1) is 15.7 Å². The highest BCUT2D eigenvalue weighted by molar-refractivity contribution is 7.84. The first-order chi connectivity index (χ1) is 11.8. The summed E-state index contributed by atoms with van der Waals surface area (Å²) in [6, 6.07) is 9.77. The van der Waals surface area contributed by atoms with Gasteiger partial charge in [0.15, 0.2) is 0 Å². The lowest BCUT2D eigenvalue weighted by Crippen LogP contribution is -2.55. The van der Waals surface area contributed by atoms with Crippen LogP contribution in [-0.4, -0.2) is 39.1 Å². The first-order valence-corrected chi connectivity index (χ1v) is 10.1. The number of benzene rings is 1. The maximum absolute atomic E-state index is 12.5. The topological polar surface area (TPSA) is 58.6 Å². The fraction of sp³-hybridized carbons (Fsp3) is 0.632. The molecule has 1 aromatic carbocycles. The molecular formula is C19H28N2O3S. The molecule has 1 amide bonds. The van der Waals surface area contributed by atoms with Gasteiger partial charge in [-0.15, -0.1) is 0 Å². The Kier molecular flexibility index (Phi) is 5.21. The normalized spacial score (nSPS) is 23.3. The number of amides is 1. The molecule has 1 aliphatic heterocycles. The molecule has 2 aliphatic rings. The summed E-state index contributed by atoms with van der Waals surface area (Å²) >= 11 is 0. The lowest BCUT2D eigenvalue weighted by Gasteiger charge is -2.39. The Morgan fingerprint density at radius 3 is 2.56 bits per heavy atom. The zero-order chi connectivity index (χ0) is 18.1. The highest BCUT2D eigenvalue weighted by Crippen LogP contribution is 2.54. The molecule has 1 spiro atoms. The maximum Gasteiger partial charge on any atom is 0.410 e. The Bertz CT molecular complexity index is 638. The molecule has 3 rings (SSSR count). The summed E-state index contributed by atoms with van der Waals surface area (Å²) in [6.07, 6.45) is 2.97. The van der Waals surface area contributed by atoms with Gasteiger partial charge in [-0.25, -0.2) is 13.7 Å². The number of nitrogens with one attached hydrogen (secondary N) is 1. The second kappa shape index (κ2) is 7.08. The Morgan fingerprint density at radius 2 is 1.96 bits per heavy atom. The third-order valence-electron chi connectivity index (χ3n) is 5.18. The van der Waals surface area contributed by atoms with Crippen molar-refractivity contribution in [3.63, 3.8) is 0 Å². The van der Waals surface area contributed by atoms with E-state index in [0.29, 0.717) is 13.1 Å². The van der Waals surface area contributed by atoms with Crippen LogP contribution < -0.4 is 4.72 Å². The number of rotatable bonds is 4. The minimum absolute atomic E-state index is 0.0746. The molecule has 0 aromatic heterocycles. The van der Waals surface area contributed by atoms with Crippen LogP contribution in [0.3, 0.4) is 0 Å². The predicted octanol–water partition coefficient (Wildman–Crippen LogP) is 3.23. The Hall–Kier alpha value is -1.40. The number of hydrogen-bond acceptors (Lipinski definition) is 3. The summed E-state index contributed by atoms with van der Waals surface area (Å²) in [7, 11) is -1.13. The standard InChI is InChI=1S/C19H28N2O3S/c1-18(2,3)25(23)20-16-13-21(12-11-19(16)9-10-19)17(22)24-14-15-7-5-4-6-8-15/h4-8,16,20H,9-14H2,1-3H3/t16?,25-/m1/s1. The van der Waals surface area contributed by atoms with Crippen molar-refractivity contribution in [3.8, 4) is 0 Å². The number of carbonyl (C=O) groups excluding carboxylic acids is 1. The molecule has 1 N–H and O–H groups in total. The van der Waals surface area contributed by atoms with Crippen LogP contribution in [0.2, 0.25) is 0 Å². The number of likely N-dealkylation sites (tertiary alicyclic amines) is 1. The number of carbonyl (C=O) groups is 1. The van der Waals surface area contributed by atoms with Crippen molar-refractivity contribution in [1.29, 1.82) is 0 Å². The van der Waals surface area contributed by atoms with E-state index in [9.17, 15) is 9.00 Å². The summed E-state index contributed by atoms with van der Waals surface area (Å²) in [5, 5.41) is 0. The van der Waals surface area contributed by atoms with E-state index >= 15 is 0 Å². The van der Waals surface area contributed by atoms with Crippen LogP contribution >= 0.6 is 0 Å². The van der Waals surface area contributed by atoms with Crippen LogP contribution in [0.15, 0.2) is 30.3 Å². The molecule has 1 aromatic rings. The third-order valence-corrected chi connectivity index (χ3v) is 6.79. The van der Waals surface area contributed by atoms with Crippen molar-refractivity contribution in [2.24, 2.45) is 5.41 Å². The molecular weight excluding hydrogens is 336 g/mol. The number of ether oxygens (including phenoxy) is 1. The monoisotopic (exact) mass is 364 g/mol. The molecule has 6 heteroatoms. The van der Waals surface area contributed by atoms with Gasteiger partial charge in [-0.1, -0.05) is 30.3 Å². The molecule has 0 bridgehead atoms. The van der Waals surface area contributed by atoms with Crippen molar-refractivity contribution < 1.29 is 13.7 Å². The molecule has 2 atom stereocenters. The smallest absolute Gasteiger partial charge is 0.410 e. The molecule has 1 aliphatic carbocycles. The van der Waals surface area contributed by atoms with E-state index in [1.165, 1.54) is 0 Å². The Labute approximate surface area is 152 Å². The van der Waals surface area contributed by atoms with Gasteiger partial charge >= 0.3 is 6.09 Å². The van der Waals surface area contributed by atoms with Gasteiger partial charge in [-0.3, -0.25) is 0 Å². The van der Waals surface area contributed by atoms with Crippen LogP contribution in [0.5, 0.6) is 0 Å². The number of piperidine rings is 1. The molecule has 25 heavy (non-hydrogen) atoms. The van der Waals surface area contributed by atoms with E-state index in [1.54, 1.807) is 4.90 Å². The van der Waals surface area contributed by atoms with E-state index in [-0.39, 0.29) is 28.9 Å². The van der Waals surface area contributed by atoms with Crippen LogP contribution in [0.25, 0.3) is 0 Å². The molecule has 1 heterocycles. The molecule has 1 saturated heterocycles. The summed E-state index contributed by atoms with van der Waals surface area (Å²) in [5.41, 5.74) is 1.20. The van der Waals surface area contributed by atoms with Crippen LogP contribution in [0, 0.1) is 5.41 Å². The number of nitrogens with zero attached hydrogens (tertiary/aromatic N) is 1. The van der Waals surface area contributed by atoms with Crippen LogP contribution in [-0.2, 0) is 22.3 Å². The fourth-order valence-corrected chi connectivity index (χ4v) is 4.18. The first-order valence-electron chi connectivity index (χ1n) is 8.94. The fourth-order valence-electron chi connectivity index (χ4n) is 3.24. The zero-order valence-corrected chi connectivity index (χ0v) is 16.1. The maximum atomic E-state index is 12.5. The minimum Gasteiger partial charge on any atom is -0.445 e. The van der Waals surface area contributed by atoms with Gasteiger partial charge < -0.3 is 9.64 Å². The zero-order valence-electron chi connectivity index (χ0n) is 15.3. The van der Waals surface area contributed by atoms with Crippen LogP contribution in [0.4, 0.5) is 4.79 Å². The van der Waals surface area contributed by atoms with E-state index < -0.39 is 11.0 Å². The molecule has 138 valence electrons. The van der Waals surface area contributed by atoms with Crippen LogP contribution in [0.1, 0.15) is 45.6 Å². The summed E-state index contributed by atoms with van der Waals surface area (Å²) in [4.78, 5) is 14.2. The van der Waals surface area contributed by atoms with Crippen molar-refractivity contribution >= 4 is 17.1 Å². The third kappa shape index (κ3) is 4.42. The van der Waals surface area contributed by atoms with E-state index in [0.717, 1.165) is 24.8 Å². The molecule has 1 saturated carbocycles. The van der Waals surface area contributed by atoms with Gasteiger partial charge in [0.2, 0.25) is 0 Å². The van der Waals surface area contributed by atoms with Gasteiger partial charge in [-0.05, 0) is 51.0 Å². The van der Waals surface area contributed by atoms with Gasteiger partial charge in [0.25, 0.3) is 0 Å². The second-order valence-corrected chi connectivity index (χ2v) is 10.1. The van der Waals surface area contributed by atoms with Gasteiger partial charge in [0.1, 0.15) is 6.61 Å². The van der Waals surface area contributed by atoms with Gasteiger partial charge in [-0.2, -0.15) is 0 Å². The van der Waals surface area contributed by atoms with E-state index in [2.05, 4.69) is 4.72 Å². The van der Waals surface area contributed by atoms with Crippen molar-refractivity contribution in [3.05, 3.63) is 35.9 Å². The van der Waals surface area contributed by atoms with Gasteiger partial charge in [0, 0.05) is 19.1 Å². The molecule has 5 nitrogen and oxygen atoms in total. The summed E-state index contributed by atoms with van der Waals surface area (Å²) in [5.74, 6) is 0. The highest BCUT2D eigenvalue weighted by Gasteiger charge is 2.53. The van der Waals surface area contributed by atoms with Crippen molar-refractivity contribution in [1.82, 2.24) is 9.62 Å². The number of hydrogen-bond donors (Lipinski definition) is 1. The molecule has 0 radical (unpaired) electrons. The Balaban J connectivity index is 1.58. The van der Waals surface area contributed by atoms with E-state index in [1.807, 2.05) is 51.1 Å². The van der Waals surface area contributed by atoms with E-state index in [4.69, 9.17) is 4.74 Å². The summed E-state index contributed by atoms with van der Waals surface area (Å²) < 4.78 is 20.9. The quantitative estimate of drug-likeness (QED) is 0.892. The lowest BCUT2D eigenvalue weighted by molar-refractivity contribution is 0.0715. The minimum atomic E-state index is -1.13. The highest BCUT2D eigenvalue weighted by atomic mass is 32.2. The molecule has 1 unspecified atom stereocenters. The largest absolute Gasteiger partial charge is 0.445 e. The first kappa shape index (κ1) is 18.4. The average molecular weight is 365 g/mol. The summed E-state index contributed by atoms with van der Waals surface area (Å²) in [6.45, 7) is 7.45. The lowest BCUT2D eigenvalue weighted by atomic mass is 9.89.